The van der Waals surface area contributed by atoms with Crippen molar-refractivity contribution >= 4 is 23.3 Å². The second kappa shape index (κ2) is 9.37. The third-order valence-electron chi connectivity index (χ3n) is 5.16. The molecule has 1 aliphatic carbocycles. The van der Waals surface area contributed by atoms with Gasteiger partial charge in [-0.1, -0.05) is 29.8 Å². The molecule has 6 heteroatoms. The van der Waals surface area contributed by atoms with Crippen molar-refractivity contribution in [3.05, 3.63) is 64.2 Å². The molecular weight excluding hydrogens is 366 g/mol. The molecule has 0 radical (unpaired) electrons. The Morgan fingerprint density at radius 2 is 1.62 bits per heavy atom. The zero-order chi connectivity index (χ0) is 20.8. The number of hydrazine groups is 1. The summed E-state index contributed by atoms with van der Waals surface area (Å²) in [6.07, 6.45) is 3.36. The molecular formula is C23H27N3O3. The molecule has 1 aliphatic rings. The molecule has 0 fully saturated rings. The van der Waals surface area contributed by atoms with E-state index in [9.17, 15) is 14.4 Å². The Labute approximate surface area is 171 Å². The van der Waals surface area contributed by atoms with Gasteiger partial charge in [0.2, 0.25) is 5.91 Å². The van der Waals surface area contributed by atoms with Gasteiger partial charge in [0.1, 0.15) is 0 Å². The van der Waals surface area contributed by atoms with Crippen LogP contribution in [0.5, 0.6) is 0 Å². The number of nitrogens with one attached hydrogen (secondary N) is 3. The van der Waals surface area contributed by atoms with Crippen molar-refractivity contribution < 1.29 is 14.4 Å². The summed E-state index contributed by atoms with van der Waals surface area (Å²) in [5.74, 6) is -0.805. The van der Waals surface area contributed by atoms with Crippen molar-refractivity contribution in [2.45, 2.75) is 46.0 Å². The Bertz CT molecular complexity index is 937. The van der Waals surface area contributed by atoms with E-state index in [-0.39, 0.29) is 37.0 Å². The summed E-state index contributed by atoms with van der Waals surface area (Å²) in [6.45, 7) is 4.01. The van der Waals surface area contributed by atoms with Crippen molar-refractivity contribution in [2.75, 3.05) is 11.9 Å². The summed E-state index contributed by atoms with van der Waals surface area (Å²) >= 11 is 0. The predicted molar refractivity (Wildman–Crippen MR) is 113 cm³/mol. The Balaban J connectivity index is 1.38. The van der Waals surface area contributed by atoms with Crippen molar-refractivity contribution in [1.82, 2.24) is 10.9 Å². The van der Waals surface area contributed by atoms with E-state index in [2.05, 4.69) is 16.2 Å². The topological polar surface area (TPSA) is 87.3 Å². The maximum atomic E-state index is 12.3. The molecule has 152 valence electrons. The molecule has 3 rings (SSSR count). The number of aryl methyl sites for hydroxylation is 4. The third kappa shape index (κ3) is 5.67. The van der Waals surface area contributed by atoms with Crippen LogP contribution in [0.15, 0.2) is 36.4 Å². The highest BCUT2D eigenvalue weighted by Gasteiger charge is 2.15. The molecule has 0 spiro atoms. The first-order valence-electron chi connectivity index (χ1n) is 9.96. The van der Waals surface area contributed by atoms with Crippen molar-refractivity contribution in [1.29, 1.82) is 0 Å². The SMILES string of the molecule is Cc1ccc(NCC(=O)NNC(=O)CCC(=O)c2ccc3c(c2)CCC3)c(C)c1. The van der Waals surface area contributed by atoms with Gasteiger partial charge in [-0.2, -0.15) is 0 Å². The second-order valence-corrected chi connectivity index (χ2v) is 7.53. The van der Waals surface area contributed by atoms with Crippen molar-refractivity contribution in [3.63, 3.8) is 0 Å². The summed E-state index contributed by atoms with van der Waals surface area (Å²) in [4.78, 5) is 36.2. The quantitative estimate of drug-likeness (QED) is 0.498. The fraction of sp³-hybridized carbons (Fsp3) is 0.348. The van der Waals surface area contributed by atoms with Crippen LogP contribution in [-0.4, -0.2) is 24.1 Å². The zero-order valence-corrected chi connectivity index (χ0v) is 16.9. The lowest BCUT2D eigenvalue weighted by Crippen LogP contribution is -2.44. The number of Topliss-reactive ketones (excluding diaryl/α,β-unsaturated/α-hetero) is 1. The maximum Gasteiger partial charge on any atom is 0.257 e. The highest BCUT2D eigenvalue weighted by molar-refractivity contribution is 5.98. The predicted octanol–water partition coefficient (Wildman–Crippen LogP) is 3.01. The average Bonchev–Trinajstić information content (AvgIpc) is 3.17. The molecule has 0 unspecified atom stereocenters. The van der Waals surface area contributed by atoms with Gasteiger partial charge >= 0.3 is 0 Å². The molecule has 0 aliphatic heterocycles. The zero-order valence-electron chi connectivity index (χ0n) is 16.9. The molecule has 0 bridgehead atoms. The van der Waals surface area contributed by atoms with Gasteiger partial charge in [-0.05, 0) is 61.9 Å². The molecule has 2 aromatic rings. The second-order valence-electron chi connectivity index (χ2n) is 7.53. The molecule has 2 amide bonds. The number of ketones is 1. The van der Waals surface area contributed by atoms with E-state index in [4.69, 9.17) is 0 Å². The first-order chi connectivity index (χ1) is 13.9. The standard InChI is InChI=1S/C23H27N3O3/c1-15-6-9-20(16(2)12-15)24-14-23(29)26-25-22(28)11-10-21(27)19-8-7-17-4-3-5-18(17)13-19/h6-9,12-13,24H,3-5,10-11,14H2,1-2H3,(H,25,28)(H,26,29). The monoisotopic (exact) mass is 393 g/mol. The van der Waals surface area contributed by atoms with Crippen LogP contribution in [0.25, 0.3) is 0 Å². The summed E-state index contributed by atoms with van der Waals surface area (Å²) in [5.41, 5.74) is 11.0. The number of hydrogen-bond donors (Lipinski definition) is 3. The molecule has 0 saturated heterocycles. The lowest BCUT2D eigenvalue weighted by Gasteiger charge is -2.11. The van der Waals surface area contributed by atoms with E-state index in [1.165, 1.54) is 11.1 Å². The molecule has 3 N–H and O–H groups in total. The number of fused-ring (bicyclic) bond motifs is 1. The number of anilines is 1. The molecule has 0 aromatic heterocycles. The van der Waals surface area contributed by atoms with E-state index >= 15 is 0 Å². The van der Waals surface area contributed by atoms with Gasteiger partial charge in [-0.3, -0.25) is 25.2 Å². The molecule has 29 heavy (non-hydrogen) atoms. The largest absolute Gasteiger partial charge is 0.376 e. The third-order valence-corrected chi connectivity index (χ3v) is 5.16. The van der Waals surface area contributed by atoms with Crippen LogP contribution in [0.1, 0.15) is 51.9 Å². The van der Waals surface area contributed by atoms with Gasteiger partial charge in [0.15, 0.2) is 5.78 Å². The molecule has 2 aromatic carbocycles. The smallest absolute Gasteiger partial charge is 0.257 e. The minimum Gasteiger partial charge on any atom is -0.376 e. The fourth-order valence-electron chi connectivity index (χ4n) is 3.55. The van der Waals surface area contributed by atoms with Crippen LogP contribution in [-0.2, 0) is 22.4 Å². The highest BCUT2D eigenvalue weighted by atomic mass is 16.2. The molecule has 0 saturated carbocycles. The Morgan fingerprint density at radius 1 is 0.862 bits per heavy atom. The maximum absolute atomic E-state index is 12.3. The number of hydrogen-bond acceptors (Lipinski definition) is 4. The van der Waals surface area contributed by atoms with Gasteiger partial charge in [0.05, 0.1) is 6.54 Å². The van der Waals surface area contributed by atoms with Crippen LogP contribution in [0.2, 0.25) is 0 Å². The first-order valence-corrected chi connectivity index (χ1v) is 9.96. The lowest BCUT2D eigenvalue weighted by atomic mass is 10.0. The van der Waals surface area contributed by atoms with Gasteiger partial charge < -0.3 is 5.32 Å². The average molecular weight is 393 g/mol. The van der Waals surface area contributed by atoms with Crippen LogP contribution in [0.3, 0.4) is 0 Å². The van der Waals surface area contributed by atoms with E-state index < -0.39 is 0 Å². The number of amides is 2. The lowest BCUT2D eigenvalue weighted by molar-refractivity contribution is -0.128. The first kappa shape index (κ1) is 20.6. The molecule has 6 nitrogen and oxygen atoms in total. The van der Waals surface area contributed by atoms with E-state index in [1.807, 2.05) is 50.2 Å². The Morgan fingerprint density at radius 3 is 2.41 bits per heavy atom. The van der Waals surface area contributed by atoms with Crippen LogP contribution in [0.4, 0.5) is 5.69 Å². The summed E-state index contributed by atoms with van der Waals surface area (Å²) in [6, 6.07) is 11.7. The Hall–Kier alpha value is -3.15. The van der Waals surface area contributed by atoms with E-state index in [0.717, 1.165) is 36.1 Å². The molecule has 0 heterocycles. The van der Waals surface area contributed by atoms with Gasteiger partial charge in [-0.15, -0.1) is 0 Å². The number of rotatable bonds is 7. The van der Waals surface area contributed by atoms with Gasteiger partial charge in [0, 0.05) is 24.1 Å². The number of carbonyl (C=O) groups is 3. The fourth-order valence-corrected chi connectivity index (χ4v) is 3.55. The minimum absolute atomic E-state index is 0.0285. The van der Waals surface area contributed by atoms with Crippen LogP contribution >= 0.6 is 0 Å². The van der Waals surface area contributed by atoms with Gasteiger partial charge in [0.25, 0.3) is 5.91 Å². The Kier molecular flexibility index (Phi) is 6.65. The van der Waals surface area contributed by atoms with Crippen LogP contribution < -0.4 is 16.2 Å². The minimum atomic E-state index is -0.389. The summed E-state index contributed by atoms with van der Waals surface area (Å²) in [5, 5.41) is 3.04. The van der Waals surface area contributed by atoms with Crippen molar-refractivity contribution in [3.8, 4) is 0 Å². The normalized spacial score (nSPS) is 12.2. The van der Waals surface area contributed by atoms with Gasteiger partial charge in [-0.25, -0.2) is 0 Å². The number of carbonyl (C=O) groups excluding carboxylic acids is 3. The summed E-state index contributed by atoms with van der Waals surface area (Å²) in [7, 11) is 0. The van der Waals surface area contributed by atoms with E-state index in [1.54, 1.807) is 0 Å². The summed E-state index contributed by atoms with van der Waals surface area (Å²) < 4.78 is 0. The van der Waals surface area contributed by atoms with E-state index in [0.29, 0.717) is 5.56 Å². The number of benzene rings is 2. The van der Waals surface area contributed by atoms with Crippen LogP contribution in [0, 0.1) is 13.8 Å². The van der Waals surface area contributed by atoms with Crippen molar-refractivity contribution in [2.24, 2.45) is 0 Å². The molecule has 0 atom stereocenters. The highest BCUT2D eigenvalue weighted by Crippen LogP contribution is 2.23.